The molecule has 2 aliphatic carbocycles. The number of anilines is 1. The highest BCUT2D eigenvalue weighted by atomic mass is 32.2. The van der Waals surface area contributed by atoms with E-state index in [-0.39, 0.29) is 10.5 Å². The van der Waals surface area contributed by atoms with Crippen molar-refractivity contribution in [2.45, 2.75) is 31.6 Å². The van der Waals surface area contributed by atoms with E-state index in [1.807, 2.05) is 26.0 Å². The number of carbonyl (C=O) groups is 1. The van der Waals surface area contributed by atoms with Gasteiger partial charge in [0.2, 0.25) is 0 Å². The topological polar surface area (TPSA) is 87.6 Å². The van der Waals surface area contributed by atoms with Crippen molar-refractivity contribution >= 4 is 27.3 Å². The fourth-order valence-electron chi connectivity index (χ4n) is 3.79. The molecule has 0 radical (unpaired) electrons. The summed E-state index contributed by atoms with van der Waals surface area (Å²) in [7, 11) is -3.82. The van der Waals surface area contributed by atoms with Gasteiger partial charge >= 0.3 is 0 Å². The van der Waals surface area contributed by atoms with Crippen molar-refractivity contribution in [2.24, 2.45) is 16.9 Å². The monoisotopic (exact) mass is 409 g/mol. The first-order chi connectivity index (χ1) is 13.8. The summed E-state index contributed by atoms with van der Waals surface area (Å²) >= 11 is 0. The van der Waals surface area contributed by atoms with Crippen molar-refractivity contribution < 1.29 is 13.2 Å². The molecule has 0 spiro atoms. The molecule has 150 valence electrons. The van der Waals surface area contributed by atoms with Gasteiger partial charge < -0.3 is 0 Å². The lowest BCUT2D eigenvalue weighted by Gasteiger charge is -2.31. The number of benzene rings is 2. The van der Waals surface area contributed by atoms with Crippen LogP contribution in [0, 0.1) is 25.7 Å². The highest BCUT2D eigenvalue weighted by Crippen LogP contribution is 2.40. The molecule has 2 N–H and O–H groups in total. The second-order valence-electron chi connectivity index (χ2n) is 7.63. The van der Waals surface area contributed by atoms with Gasteiger partial charge in [-0.15, -0.1) is 0 Å². The van der Waals surface area contributed by atoms with Gasteiger partial charge in [0, 0.05) is 17.2 Å². The molecular weight excluding hydrogens is 386 g/mol. The molecule has 0 aromatic heterocycles. The lowest BCUT2D eigenvalue weighted by molar-refractivity contribution is 0.0953. The van der Waals surface area contributed by atoms with E-state index in [2.05, 4.69) is 27.4 Å². The Balaban J connectivity index is 1.48. The Morgan fingerprint density at radius 2 is 1.97 bits per heavy atom. The van der Waals surface area contributed by atoms with Crippen LogP contribution in [0.4, 0.5) is 5.69 Å². The first-order valence-electron chi connectivity index (χ1n) is 9.57. The maximum Gasteiger partial charge on any atom is 0.271 e. The average Bonchev–Trinajstić information content (AvgIpc) is 3.05. The van der Waals surface area contributed by atoms with Crippen molar-refractivity contribution in [3.05, 3.63) is 71.3 Å². The van der Waals surface area contributed by atoms with Crippen molar-refractivity contribution in [2.75, 3.05) is 4.72 Å². The van der Waals surface area contributed by atoms with Crippen LogP contribution < -0.4 is 10.1 Å². The minimum Gasteiger partial charge on any atom is -0.279 e. The number of amides is 1. The summed E-state index contributed by atoms with van der Waals surface area (Å²) in [4.78, 5) is 12.5. The zero-order valence-electron chi connectivity index (χ0n) is 16.3. The number of carbonyl (C=O) groups excluding carboxylic acids is 1. The van der Waals surface area contributed by atoms with Crippen LogP contribution in [-0.2, 0) is 10.0 Å². The third kappa shape index (κ3) is 3.96. The van der Waals surface area contributed by atoms with Crippen LogP contribution in [0.3, 0.4) is 0 Å². The van der Waals surface area contributed by atoms with E-state index in [1.165, 1.54) is 12.1 Å². The van der Waals surface area contributed by atoms with Crippen LogP contribution in [0.5, 0.6) is 0 Å². The predicted molar refractivity (Wildman–Crippen MR) is 113 cm³/mol. The molecule has 1 amide bonds. The van der Waals surface area contributed by atoms with Crippen LogP contribution in [0.2, 0.25) is 0 Å². The van der Waals surface area contributed by atoms with Gasteiger partial charge in [-0.25, -0.2) is 13.8 Å². The van der Waals surface area contributed by atoms with Crippen LogP contribution >= 0.6 is 0 Å². The molecule has 0 heterocycles. The molecule has 0 bridgehead atoms. The number of sulfonamides is 1. The number of allylic oxidation sites excluding steroid dienone is 2. The number of hydrogen-bond donors (Lipinski definition) is 2. The number of hydrogen-bond acceptors (Lipinski definition) is 4. The third-order valence-corrected chi connectivity index (χ3v) is 6.86. The standard InChI is InChI=1S/C22H23N3O3S/c1-14-9-10-20(15(2)11-14)25-29(27,28)18-7-3-6-17(12-18)22(26)24-23-21-13-16-5-4-8-19(16)21/h3-7,9-12,16,19,25H,8,13H2,1-2H3,(H,24,26)/b23-21-/t16-,19+/m0/s1. The van der Waals surface area contributed by atoms with Crippen LogP contribution in [0.1, 0.15) is 34.3 Å². The summed E-state index contributed by atoms with van der Waals surface area (Å²) in [6, 6.07) is 11.5. The van der Waals surface area contributed by atoms with Crippen molar-refractivity contribution in [1.29, 1.82) is 0 Å². The second kappa shape index (κ2) is 7.48. The maximum absolute atomic E-state index is 12.8. The largest absolute Gasteiger partial charge is 0.279 e. The lowest BCUT2D eigenvalue weighted by Crippen LogP contribution is -2.35. The molecule has 0 saturated heterocycles. The van der Waals surface area contributed by atoms with Gasteiger partial charge in [-0.05, 0) is 62.4 Å². The number of nitrogens with zero attached hydrogens (tertiary/aromatic N) is 1. The van der Waals surface area contributed by atoms with E-state index in [4.69, 9.17) is 0 Å². The van der Waals surface area contributed by atoms with E-state index < -0.39 is 15.9 Å². The Bertz CT molecular complexity index is 1140. The van der Waals surface area contributed by atoms with Gasteiger partial charge in [-0.3, -0.25) is 9.52 Å². The zero-order chi connectivity index (χ0) is 20.6. The smallest absolute Gasteiger partial charge is 0.271 e. The molecular formula is C22H23N3O3S. The minimum atomic E-state index is -3.82. The molecule has 7 heteroatoms. The summed E-state index contributed by atoms with van der Waals surface area (Å²) in [6.07, 6.45) is 6.19. The summed E-state index contributed by atoms with van der Waals surface area (Å²) in [5.41, 5.74) is 6.21. The van der Waals surface area contributed by atoms with Gasteiger partial charge in [0.05, 0.1) is 10.6 Å². The molecule has 29 heavy (non-hydrogen) atoms. The molecule has 1 fully saturated rings. The normalized spacial score (nSPS) is 21.5. The fraction of sp³-hybridized carbons (Fsp3) is 0.273. The van der Waals surface area contributed by atoms with Crippen LogP contribution in [0.25, 0.3) is 0 Å². The summed E-state index contributed by atoms with van der Waals surface area (Å²) in [5, 5.41) is 4.24. The van der Waals surface area contributed by atoms with E-state index in [9.17, 15) is 13.2 Å². The molecule has 1 saturated carbocycles. The second-order valence-corrected chi connectivity index (χ2v) is 9.32. The highest BCUT2D eigenvalue weighted by molar-refractivity contribution is 7.92. The van der Waals surface area contributed by atoms with Gasteiger partial charge in [-0.1, -0.05) is 35.9 Å². The number of rotatable bonds is 5. The quantitative estimate of drug-likeness (QED) is 0.582. The Kier molecular flexibility index (Phi) is 5.00. The SMILES string of the molecule is Cc1ccc(NS(=O)(=O)c2cccc(C(=O)N/N=C3/C[C@@H]4C=CC[C@@H]34)c2)c(C)c1. The van der Waals surface area contributed by atoms with Crippen LogP contribution in [-0.4, -0.2) is 20.0 Å². The number of nitrogens with one attached hydrogen (secondary N) is 2. The van der Waals surface area contributed by atoms with E-state index >= 15 is 0 Å². The Morgan fingerprint density at radius 1 is 1.14 bits per heavy atom. The molecule has 0 aliphatic heterocycles. The Morgan fingerprint density at radius 3 is 2.72 bits per heavy atom. The van der Waals surface area contributed by atoms with Gasteiger partial charge in [0.15, 0.2) is 0 Å². The first-order valence-corrected chi connectivity index (χ1v) is 11.1. The number of fused-ring (bicyclic) bond motifs is 1. The zero-order valence-corrected chi connectivity index (χ0v) is 17.2. The van der Waals surface area contributed by atoms with Gasteiger partial charge in [-0.2, -0.15) is 5.10 Å². The third-order valence-electron chi connectivity index (χ3n) is 5.50. The van der Waals surface area contributed by atoms with Crippen molar-refractivity contribution in [3.63, 3.8) is 0 Å². The fourth-order valence-corrected chi connectivity index (χ4v) is 4.96. The van der Waals surface area contributed by atoms with Gasteiger partial charge in [0.25, 0.3) is 15.9 Å². The summed E-state index contributed by atoms with van der Waals surface area (Å²) in [5.74, 6) is 0.537. The number of aryl methyl sites for hydroxylation is 2. The Hall–Kier alpha value is -2.93. The molecule has 2 atom stereocenters. The van der Waals surface area contributed by atoms with E-state index in [1.54, 1.807) is 18.2 Å². The van der Waals surface area contributed by atoms with Crippen LogP contribution in [0.15, 0.2) is 64.6 Å². The molecule has 2 aliphatic rings. The lowest BCUT2D eigenvalue weighted by atomic mass is 9.74. The molecule has 0 unspecified atom stereocenters. The summed E-state index contributed by atoms with van der Waals surface area (Å²) < 4.78 is 28.2. The van der Waals surface area contributed by atoms with E-state index in [0.29, 0.717) is 17.5 Å². The predicted octanol–water partition coefficient (Wildman–Crippen LogP) is 3.79. The highest BCUT2D eigenvalue weighted by Gasteiger charge is 2.38. The Labute approximate surface area is 170 Å². The molecule has 2 aromatic rings. The summed E-state index contributed by atoms with van der Waals surface area (Å²) in [6.45, 7) is 3.79. The van der Waals surface area contributed by atoms with Gasteiger partial charge in [0.1, 0.15) is 0 Å². The van der Waals surface area contributed by atoms with E-state index in [0.717, 1.165) is 29.7 Å². The molecule has 4 rings (SSSR count). The first kappa shape index (κ1) is 19.4. The van der Waals surface area contributed by atoms with Crippen molar-refractivity contribution in [1.82, 2.24) is 5.43 Å². The van der Waals surface area contributed by atoms with Crippen molar-refractivity contribution in [3.8, 4) is 0 Å². The maximum atomic E-state index is 12.8. The molecule has 2 aromatic carbocycles. The number of hydrazone groups is 1. The average molecular weight is 410 g/mol. The minimum absolute atomic E-state index is 0.0291. The molecule has 6 nitrogen and oxygen atoms in total.